The van der Waals surface area contributed by atoms with Crippen LogP contribution in [0.4, 0.5) is 4.39 Å². The number of carbonyl (C=O) groups is 1. The number of nitrogens with two attached hydrogens (primary N) is 1. The van der Waals surface area contributed by atoms with Gasteiger partial charge in [0, 0.05) is 0 Å². The van der Waals surface area contributed by atoms with Gasteiger partial charge in [0.05, 0.1) is 5.56 Å². The smallest absolute Gasteiger partial charge is 0.251 e. The van der Waals surface area contributed by atoms with E-state index in [-0.39, 0.29) is 11.3 Å². The Morgan fingerprint density at radius 2 is 2.17 bits per heavy atom. The summed E-state index contributed by atoms with van der Waals surface area (Å²) in [6, 6.07) is 2.09. The van der Waals surface area contributed by atoms with Crippen LogP contribution in [0.5, 0.6) is 5.75 Å². The van der Waals surface area contributed by atoms with Gasteiger partial charge in [0.1, 0.15) is 11.6 Å². The second-order valence-corrected chi connectivity index (χ2v) is 2.48. The van der Waals surface area contributed by atoms with E-state index in [1.54, 1.807) is 0 Å². The molecule has 0 saturated heterocycles. The van der Waals surface area contributed by atoms with Crippen LogP contribution in [-0.4, -0.2) is 11.0 Å². The third-order valence-electron chi connectivity index (χ3n) is 1.55. The van der Waals surface area contributed by atoms with Gasteiger partial charge >= 0.3 is 0 Å². The van der Waals surface area contributed by atoms with Gasteiger partial charge in [-0.25, -0.2) is 4.39 Å². The van der Waals surface area contributed by atoms with Crippen LogP contribution >= 0.6 is 0 Å². The highest BCUT2D eigenvalue weighted by molar-refractivity contribution is 5.93. The van der Waals surface area contributed by atoms with Crippen molar-refractivity contribution in [2.45, 2.75) is 6.92 Å². The van der Waals surface area contributed by atoms with E-state index in [0.29, 0.717) is 5.56 Å². The molecular formula is C8H8FNO2. The topological polar surface area (TPSA) is 63.3 Å². The minimum atomic E-state index is -0.886. The van der Waals surface area contributed by atoms with Crippen molar-refractivity contribution in [2.75, 3.05) is 0 Å². The van der Waals surface area contributed by atoms with Crippen LogP contribution in [0, 0.1) is 12.7 Å². The van der Waals surface area contributed by atoms with Crippen molar-refractivity contribution in [2.24, 2.45) is 5.73 Å². The van der Waals surface area contributed by atoms with Crippen molar-refractivity contribution in [1.82, 2.24) is 0 Å². The van der Waals surface area contributed by atoms with Gasteiger partial charge in [-0.15, -0.1) is 0 Å². The second kappa shape index (κ2) is 2.81. The van der Waals surface area contributed by atoms with Crippen molar-refractivity contribution in [3.63, 3.8) is 0 Å². The van der Waals surface area contributed by atoms with Crippen molar-refractivity contribution in [1.29, 1.82) is 0 Å². The Morgan fingerprint density at radius 1 is 1.58 bits per heavy atom. The fourth-order valence-corrected chi connectivity index (χ4v) is 0.850. The van der Waals surface area contributed by atoms with E-state index in [1.165, 1.54) is 6.92 Å². The first-order valence-corrected chi connectivity index (χ1v) is 3.31. The van der Waals surface area contributed by atoms with E-state index in [4.69, 9.17) is 10.8 Å². The van der Waals surface area contributed by atoms with Crippen LogP contribution in [-0.2, 0) is 0 Å². The predicted molar refractivity (Wildman–Crippen MR) is 41.3 cm³/mol. The minimum absolute atomic E-state index is 0.134. The molecule has 4 heteroatoms. The summed E-state index contributed by atoms with van der Waals surface area (Å²) in [6.07, 6.45) is 0. The Balaban J connectivity index is 3.33. The van der Waals surface area contributed by atoms with Crippen LogP contribution in [0.2, 0.25) is 0 Å². The molecule has 0 bridgehead atoms. The zero-order valence-electron chi connectivity index (χ0n) is 6.47. The van der Waals surface area contributed by atoms with Gasteiger partial charge in [0.25, 0.3) is 5.91 Å². The number of benzene rings is 1. The summed E-state index contributed by atoms with van der Waals surface area (Å²) in [5.41, 5.74) is 4.92. The first kappa shape index (κ1) is 8.52. The van der Waals surface area contributed by atoms with Crippen molar-refractivity contribution in [3.8, 4) is 5.75 Å². The van der Waals surface area contributed by atoms with Crippen molar-refractivity contribution in [3.05, 3.63) is 29.1 Å². The van der Waals surface area contributed by atoms with Gasteiger partial charge in [-0.05, 0) is 24.6 Å². The Kier molecular flexibility index (Phi) is 1.99. The first-order chi connectivity index (χ1) is 5.52. The molecule has 0 radical (unpaired) electrons. The Hall–Kier alpha value is -1.58. The number of aromatic hydroxyl groups is 1. The molecule has 0 fully saturated rings. The Bertz CT molecular complexity index is 336. The summed E-state index contributed by atoms with van der Waals surface area (Å²) in [5, 5.41) is 9.10. The molecule has 64 valence electrons. The molecule has 0 aromatic heterocycles. The number of carbonyl (C=O) groups excluding carboxylic acids is 1. The molecule has 0 heterocycles. The van der Waals surface area contributed by atoms with Gasteiger partial charge in [0.2, 0.25) is 0 Å². The SMILES string of the molecule is Cc1cc(F)c(C(N)=O)cc1O. The molecule has 1 amide bonds. The average Bonchev–Trinajstić information content (AvgIpc) is 1.96. The van der Waals surface area contributed by atoms with E-state index in [9.17, 15) is 9.18 Å². The first-order valence-electron chi connectivity index (χ1n) is 3.31. The lowest BCUT2D eigenvalue weighted by molar-refractivity contribution is 0.0996. The summed E-state index contributed by atoms with van der Waals surface area (Å²) in [4.78, 5) is 10.6. The monoisotopic (exact) mass is 169 g/mol. The van der Waals surface area contributed by atoms with E-state index < -0.39 is 11.7 Å². The van der Waals surface area contributed by atoms with E-state index in [2.05, 4.69) is 0 Å². The van der Waals surface area contributed by atoms with E-state index in [0.717, 1.165) is 12.1 Å². The maximum Gasteiger partial charge on any atom is 0.251 e. The van der Waals surface area contributed by atoms with Crippen LogP contribution in [0.25, 0.3) is 0 Å². The summed E-state index contributed by atoms with van der Waals surface area (Å²) in [5.74, 6) is -1.73. The number of aryl methyl sites for hydroxylation is 1. The van der Waals surface area contributed by atoms with Gasteiger partial charge in [-0.2, -0.15) is 0 Å². The normalized spacial score (nSPS) is 9.83. The zero-order chi connectivity index (χ0) is 9.30. The van der Waals surface area contributed by atoms with Crippen LogP contribution in [0.15, 0.2) is 12.1 Å². The number of hydrogen-bond acceptors (Lipinski definition) is 2. The molecule has 0 unspecified atom stereocenters. The minimum Gasteiger partial charge on any atom is -0.508 e. The molecule has 0 atom stereocenters. The summed E-state index contributed by atoms with van der Waals surface area (Å²) in [6.45, 7) is 1.53. The molecule has 3 N–H and O–H groups in total. The lowest BCUT2D eigenvalue weighted by atomic mass is 10.1. The van der Waals surface area contributed by atoms with Crippen LogP contribution in [0.1, 0.15) is 15.9 Å². The molecule has 0 aliphatic rings. The fraction of sp³-hybridized carbons (Fsp3) is 0.125. The molecular weight excluding hydrogens is 161 g/mol. The third-order valence-corrected chi connectivity index (χ3v) is 1.55. The maximum atomic E-state index is 12.9. The van der Waals surface area contributed by atoms with Crippen LogP contribution < -0.4 is 5.73 Å². The summed E-state index contributed by atoms with van der Waals surface area (Å²) in [7, 11) is 0. The molecule has 3 nitrogen and oxygen atoms in total. The van der Waals surface area contributed by atoms with Crippen LogP contribution in [0.3, 0.4) is 0 Å². The predicted octanol–water partition coefficient (Wildman–Crippen LogP) is 0.939. The Morgan fingerprint density at radius 3 is 2.67 bits per heavy atom. The number of phenols is 1. The number of hydrogen-bond donors (Lipinski definition) is 2. The lowest BCUT2D eigenvalue weighted by Gasteiger charge is -2.01. The van der Waals surface area contributed by atoms with Crippen molar-refractivity contribution < 1.29 is 14.3 Å². The van der Waals surface area contributed by atoms with Gasteiger partial charge in [-0.1, -0.05) is 0 Å². The van der Waals surface area contributed by atoms with Gasteiger partial charge in [0.15, 0.2) is 0 Å². The largest absolute Gasteiger partial charge is 0.508 e. The highest BCUT2D eigenvalue weighted by Gasteiger charge is 2.10. The Labute approximate surface area is 68.6 Å². The molecule has 1 rings (SSSR count). The molecule has 0 spiro atoms. The standard InChI is InChI=1S/C8H8FNO2/c1-4-2-6(9)5(8(10)12)3-7(4)11/h2-3,11H,1H3,(H2,10,12). The number of primary amides is 1. The average molecular weight is 169 g/mol. The molecule has 12 heavy (non-hydrogen) atoms. The van der Waals surface area contributed by atoms with Crippen molar-refractivity contribution >= 4 is 5.91 Å². The number of halogens is 1. The quantitative estimate of drug-likeness (QED) is 0.657. The number of amides is 1. The summed E-state index contributed by atoms with van der Waals surface area (Å²) >= 11 is 0. The highest BCUT2D eigenvalue weighted by atomic mass is 19.1. The molecule has 0 saturated carbocycles. The number of rotatable bonds is 1. The van der Waals surface area contributed by atoms with Gasteiger partial charge in [-0.3, -0.25) is 4.79 Å². The molecule has 1 aromatic rings. The fourth-order valence-electron chi connectivity index (χ4n) is 0.850. The number of phenolic OH excluding ortho intramolecular Hbond substituents is 1. The molecule has 0 aliphatic carbocycles. The second-order valence-electron chi connectivity index (χ2n) is 2.48. The lowest BCUT2D eigenvalue weighted by Crippen LogP contribution is -2.13. The highest BCUT2D eigenvalue weighted by Crippen LogP contribution is 2.20. The van der Waals surface area contributed by atoms with E-state index >= 15 is 0 Å². The van der Waals surface area contributed by atoms with Gasteiger partial charge < -0.3 is 10.8 Å². The third kappa shape index (κ3) is 1.37. The van der Waals surface area contributed by atoms with E-state index in [1.807, 2.05) is 0 Å². The maximum absolute atomic E-state index is 12.9. The molecule has 1 aromatic carbocycles. The summed E-state index contributed by atoms with van der Waals surface area (Å²) < 4.78 is 12.9. The molecule has 0 aliphatic heterocycles. The zero-order valence-corrected chi connectivity index (χ0v) is 6.47.